The summed E-state index contributed by atoms with van der Waals surface area (Å²) in [6.07, 6.45) is 0. The fourth-order valence-corrected chi connectivity index (χ4v) is 2.93. The Labute approximate surface area is 142 Å². The molecule has 0 unspecified atom stereocenters. The van der Waals surface area contributed by atoms with Gasteiger partial charge in [-0.1, -0.05) is 48.5 Å². The molecule has 3 aromatic carbocycles. The van der Waals surface area contributed by atoms with Gasteiger partial charge in [0.1, 0.15) is 0 Å². The Morgan fingerprint density at radius 3 is 1.54 bits per heavy atom. The molecule has 3 aromatic rings. The highest BCUT2D eigenvalue weighted by Gasteiger charge is 2.26. The summed E-state index contributed by atoms with van der Waals surface area (Å²) in [5.74, 6) is 0. The Kier molecular flexibility index (Phi) is 4.32. The maximum atomic E-state index is 5.57. The van der Waals surface area contributed by atoms with E-state index in [0.717, 1.165) is 22.5 Å². The first kappa shape index (κ1) is 15.0. The molecule has 0 N–H and O–H groups in total. The van der Waals surface area contributed by atoms with Gasteiger partial charge in [-0.15, -0.1) is 0 Å². The topological polar surface area (TPSA) is 21.7 Å². The average Bonchev–Trinajstić information content (AvgIpc) is 3.19. The molecule has 1 aliphatic heterocycles. The lowest BCUT2D eigenvalue weighted by Crippen LogP contribution is -2.31. The maximum Gasteiger partial charge on any atom is 0.494 e. The van der Waals surface area contributed by atoms with Crippen molar-refractivity contribution in [3.05, 3.63) is 84.9 Å². The summed E-state index contributed by atoms with van der Waals surface area (Å²) >= 11 is 0. The van der Waals surface area contributed by atoms with Crippen LogP contribution in [0.1, 0.15) is 0 Å². The summed E-state index contributed by atoms with van der Waals surface area (Å²) in [4.78, 5) is 2.24. The summed E-state index contributed by atoms with van der Waals surface area (Å²) in [6, 6.07) is 29.1. The number of hydrogen-bond donors (Lipinski definition) is 0. The van der Waals surface area contributed by atoms with Gasteiger partial charge in [-0.25, -0.2) is 0 Å². The van der Waals surface area contributed by atoms with Crippen molar-refractivity contribution in [2.24, 2.45) is 0 Å². The second-order valence-corrected chi connectivity index (χ2v) is 5.67. The Hall–Kier alpha value is -2.56. The van der Waals surface area contributed by atoms with Gasteiger partial charge < -0.3 is 14.2 Å². The van der Waals surface area contributed by atoms with Crippen LogP contribution in [0.2, 0.25) is 0 Å². The van der Waals surface area contributed by atoms with E-state index in [0.29, 0.717) is 13.2 Å². The number of anilines is 3. The molecule has 4 rings (SSSR count). The van der Waals surface area contributed by atoms with E-state index in [2.05, 4.69) is 77.7 Å². The minimum absolute atomic E-state index is 0.235. The summed E-state index contributed by atoms with van der Waals surface area (Å²) in [5.41, 5.74) is 4.42. The standard InChI is InChI=1S/C20H18BNO2/c1-3-7-18(8-4-1)22(19-9-5-2-6-10-19)20-13-11-17(12-14-20)21-23-15-16-24-21/h1-14H,15-16H2. The molecular weight excluding hydrogens is 297 g/mol. The van der Waals surface area contributed by atoms with Crippen LogP contribution in [-0.4, -0.2) is 20.3 Å². The molecule has 3 nitrogen and oxygen atoms in total. The quantitative estimate of drug-likeness (QED) is 0.682. The zero-order valence-corrected chi connectivity index (χ0v) is 13.3. The van der Waals surface area contributed by atoms with E-state index in [-0.39, 0.29) is 7.12 Å². The second-order valence-electron chi connectivity index (χ2n) is 5.67. The predicted molar refractivity (Wildman–Crippen MR) is 98.4 cm³/mol. The summed E-state index contributed by atoms with van der Waals surface area (Å²) in [5, 5.41) is 0. The van der Waals surface area contributed by atoms with Crippen LogP contribution in [-0.2, 0) is 9.31 Å². The highest BCUT2D eigenvalue weighted by molar-refractivity contribution is 6.61. The van der Waals surface area contributed by atoms with Gasteiger partial charge in [0.2, 0.25) is 0 Å². The summed E-state index contributed by atoms with van der Waals surface area (Å²) in [7, 11) is -0.235. The van der Waals surface area contributed by atoms with Crippen molar-refractivity contribution < 1.29 is 9.31 Å². The highest BCUT2D eigenvalue weighted by Crippen LogP contribution is 2.33. The fourth-order valence-electron chi connectivity index (χ4n) is 2.93. The molecule has 0 radical (unpaired) electrons. The summed E-state index contributed by atoms with van der Waals surface area (Å²) < 4.78 is 11.1. The van der Waals surface area contributed by atoms with Crippen molar-refractivity contribution >= 4 is 29.6 Å². The van der Waals surface area contributed by atoms with Gasteiger partial charge >= 0.3 is 7.12 Å². The van der Waals surface area contributed by atoms with Crippen molar-refractivity contribution in [3.63, 3.8) is 0 Å². The van der Waals surface area contributed by atoms with Crippen LogP contribution in [0.5, 0.6) is 0 Å². The Bertz CT molecular complexity index is 732. The number of hydrogen-bond acceptors (Lipinski definition) is 3. The van der Waals surface area contributed by atoms with E-state index < -0.39 is 0 Å². The number of benzene rings is 3. The third kappa shape index (κ3) is 3.07. The molecule has 0 bridgehead atoms. The van der Waals surface area contributed by atoms with Crippen LogP contribution in [0.3, 0.4) is 0 Å². The molecule has 1 fully saturated rings. The molecule has 0 aliphatic carbocycles. The molecule has 0 atom stereocenters. The SMILES string of the molecule is c1ccc(N(c2ccccc2)c2ccc(B3OCCO3)cc2)cc1. The molecule has 24 heavy (non-hydrogen) atoms. The zero-order chi connectivity index (χ0) is 16.2. The van der Waals surface area contributed by atoms with E-state index in [1.807, 2.05) is 12.1 Å². The minimum Gasteiger partial charge on any atom is -0.405 e. The zero-order valence-electron chi connectivity index (χ0n) is 13.3. The van der Waals surface area contributed by atoms with Crippen LogP contribution in [0.15, 0.2) is 84.9 Å². The molecular formula is C20H18BNO2. The van der Waals surface area contributed by atoms with Crippen molar-refractivity contribution in [3.8, 4) is 0 Å². The van der Waals surface area contributed by atoms with Gasteiger partial charge in [-0.05, 0) is 41.9 Å². The van der Waals surface area contributed by atoms with Crippen molar-refractivity contribution in [2.45, 2.75) is 0 Å². The van der Waals surface area contributed by atoms with Gasteiger partial charge in [0.25, 0.3) is 0 Å². The highest BCUT2D eigenvalue weighted by atomic mass is 16.6. The first-order chi connectivity index (χ1) is 11.9. The monoisotopic (exact) mass is 315 g/mol. The second kappa shape index (κ2) is 6.91. The third-order valence-corrected chi connectivity index (χ3v) is 4.07. The smallest absolute Gasteiger partial charge is 0.405 e. The molecule has 1 aliphatic rings. The largest absolute Gasteiger partial charge is 0.494 e. The minimum atomic E-state index is -0.235. The molecule has 0 amide bonds. The Morgan fingerprint density at radius 1 is 0.583 bits per heavy atom. The van der Waals surface area contributed by atoms with E-state index in [4.69, 9.17) is 9.31 Å². The summed E-state index contributed by atoms with van der Waals surface area (Å²) in [6.45, 7) is 1.32. The first-order valence-electron chi connectivity index (χ1n) is 8.15. The van der Waals surface area contributed by atoms with Gasteiger partial charge in [0.05, 0.1) is 13.2 Å². The van der Waals surface area contributed by atoms with E-state index in [1.54, 1.807) is 0 Å². The molecule has 0 saturated carbocycles. The maximum absolute atomic E-state index is 5.57. The fraction of sp³-hybridized carbons (Fsp3) is 0.100. The average molecular weight is 315 g/mol. The van der Waals surface area contributed by atoms with Crippen LogP contribution in [0.25, 0.3) is 0 Å². The first-order valence-corrected chi connectivity index (χ1v) is 8.15. The van der Waals surface area contributed by atoms with Gasteiger partial charge in [0, 0.05) is 17.1 Å². The van der Waals surface area contributed by atoms with Gasteiger partial charge in [-0.3, -0.25) is 0 Å². The van der Waals surface area contributed by atoms with Crippen LogP contribution in [0.4, 0.5) is 17.1 Å². The molecule has 1 heterocycles. The predicted octanol–water partition coefficient (Wildman–Crippen LogP) is 3.90. The molecule has 0 spiro atoms. The number of nitrogens with zero attached hydrogens (tertiary/aromatic N) is 1. The van der Waals surface area contributed by atoms with Crippen molar-refractivity contribution in [1.82, 2.24) is 0 Å². The van der Waals surface area contributed by atoms with E-state index >= 15 is 0 Å². The lowest BCUT2D eigenvalue weighted by Gasteiger charge is -2.25. The van der Waals surface area contributed by atoms with Crippen molar-refractivity contribution in [2.75, 3.05) is 18.1 Å². The Morgan fingerprint density at radius 2 is 1.04 bits per heavy atom. The molecule has 1 saturated heterocycles. The van der Waals surface area contributed by atoms with E-state index in [1.165, 1.54) is 0 Å². The molecule has 118 valence electrons. The van der Waals surface area contributed by atoms with Crippen LogP contribution >= 0.6 is 0 Å². The molecule has 0 aromatic heterocycles. The van der Waals surface area contributed by atoms with E-state index in [9.17, 15) is 0 Å². The Balaban J connectivity index is 1.71. The number of para-hydroxylation sites is 2. The third-order valence-electron chi connectivity index (χ3n) is 4.07. The lowest BCUT2D eigenvalue weighted by molar-refractivity contribution is 0.365. The molecule has 4 heteroatoms. The van der Waals surface area contributed by atoms with Crippen LogP contribution in [0, 0.1) is 0 Å². The van der Waals surface area contributed by atoms with Gasteiger partial charge in [0.15, 0.2) is 0 Å². The normalized spacial score (nSPS) is 13.9. The lowest BCUT2D eigenvalue weighted by atomic mass is 9.79. The van der Waals surface area contributed by atoms with Crippen molar-refractivity contribution in [1.29, 1.82) is 0 Å². The van der Waals surface area contributed by atoms with Gasteiger partial charge in [-0.2, -0.15) is 0 Å². The number of rotatable bonds is 4. The van der Waals surface area contributed by atoms with Crippen LogP contribution < -0.4 is 10.4 Å².